The van der Waals surface area contributed by atoms with Crippen molar-refractivity contribution in [1.82, 2.24) is 15.1 Å². The Kier molecular flexibility index (Phi) is 10.7. The molecule has 0 aliphatic carbocycles. The van der Waals surface area contributed by atoms with E-state index in [0.29, 0.717) is 18.9 Å². The zero-order valence-electron chi connectivity index (χ0n) is 13.9. The van der Waals surface area contributed by atoms with Gasteiger partial charge < -0.3 is 20.2 Å². The molecular weight excluding hydrogens is 270 g/mol. The Hall–Kier alpha value is -1.30. The lowest BCUT2D eigenvalue weighted by Gasteiger charge is -2.24. The Labute approximate surface area is 128 Å². The van der Waals surface area contributed by atoms with Crippen molar-refractivity contribution in [3.63, 3.8) is 0 Å². The molecule has 6 nitrogen and oxygen atoms in total. The van der Waals surface area contributed by atoms with Crippen LogP contribution in [0.3, 0.4) is 0 Å². The first-order valence-corrected chi connectivity index (χ1v) is 7.76. The van der Waals surface area contributed by atoms with Crippen LogP contribution in [-0.2, 0) is 4.79 Å². The minimum Gasteiger partial charge on any atom is -0.481 e. The van der Waals surface area contributed by atoms with Gasteiger partial charge in [-0.1, -0.05) is 13.8 Å². The van der Waals surface area contributed by atoms with Crippen LogP contribution in [0, 0.1) is 5.92 Å². The summed E-state index contributed by atoms with van der Waals surface area (Å²) in [4.78, 5) is 26.5. The third-order valence-electron chi connectivity index (χ3n) is 3.36. The fourth-order valence-corrected chi connectivity index (χ4v) is 1.96. The highest BCUT2D eigenvalue weighted by Crippen LogP contribution is 2.09. The number of rotatable bonds is 11. The normalized spacial score (nSPS) is 12.2. The fourth-order valence-electron chi connectivity index (χ4n) is 1.96. The average molecular weight is 301 g/mol. The van der Waals surface area contributed by atoms with Gasteiger partial charge in [0.25, 0.3) is 0 Å². The smallest absolute Gasteiger partial charge is 0.317 e. The van der Waals surface area contributed by atoms with E-state index in [1.165, 1.54) is 0 Å². The maximum atomic E-state index is 12.1. The molecule has 0 aliphatic rings. The van der Waals surface area contributed by atoms with Crippen LogP contribution in [0.1, 0.15) is 39.5 Å². The second-order valence-corrected chi connectivity index (χ2v) is 5.85. The Bertz CT molecular complexity index is 309. The maximum Gasteiger partial charge on any atom is 0.317 e. The molecule has 1 atom stereocenters. The molecule has 0 spiro atoms. The van der Waals surface area contributed by atoms with Gasteiger partial charge in [-0.3, -0.25) is 4.79 Å². The van der Waals surface area contributed by atoms with Crippen LogP contribution in [0.15, 0.2) is 0 Å². The lowest BCUT2D eigenvalue weighted by Crippen LogP contribution is -2.43. The molecule has 0 aromatic rings. The summed E-state index contributed by atoms with van der Waals surface area (Å²) in [6.45, 7) is 7.01. The molecule has 0 saturated heterocycles. The minimum atomic E-state index is -0.760. The molecule has 0 radical (unpaired) electrons. The van der Waals surface area contributed by atoms with Gasteiger partial charge in [-0.2, -0.15) is 0 Å². The number of urea groups is 1. The monoisotopic (exact) mass is 301 g/mol. The van der Waals surface area contributed by atoms with Gasteiger partial charge in [0.2, 0.25) is 0 Å². The molecule has 1 unspecified atom stereocenters. The third-order valence-corrected chi connectivity index (χ3v) is 3.36. The molecule has 21 heavy (non-hydrogen) atoms. The SMILES string of the molecule is CCCN(CCN(C)C)C(=O)NCCC(C)CCC(=O)O. The predicted octanol–water partition coefficient (Wildman–Crippen LogP) is 1.86. The van der Waals surface area contributed by atoms with Gasteiger partial charge in [-0.25, -0.2) is 4.79 Å². The van der Waals surface area contributed by atoms with Gasteiger partial charge in [0.15, 0.2) is 0 Å². The van der Waals surface area contributed by atoms with Crippen LogP contribution in [0.25, 0.3) is 0 Å². The summed E-state index contributed by atoms with van der Waals surface area (Å²) < 4.78 is 0. The van der Waals surface area contributed by atoms with Crippen molar-refractivity contribution in [1.29, 1.82) is 0 Å². The summed E-state index contributed by atoms with van der Waals surface area (Å²) in [6.07, 6.45) is 2.60. The number of amides is 2. The van der Waals surface area contributed by atoms with Crippen molar-refractivity contribution < 1.29 is 14.7 Å². The highest BCUT2D eigenvalue weighted by atomic mass is 16.4. The Morgan fingerprint density at radius 2 is 1.81 bits per heavy atom. The topological polar surface area (TPSA) is 72.9 Å². The first-order valence-electron chi connectivity index (χ1n) is 7.76. The number of aliphatic carboxylic acids is 1. The molecule has 0 fully saturated rings. The van der Waals surface area contributed by atoms with Gasteiger partial charge in [0.05, 0.1) is 0 Å². The van der Waals surface area contributed by atoms with Gasteiger partial charge >= 0.3 is 12.0 Å². The lowest BCUT2D eigenvalue weighted by atomic mass is 10.0. The number of carboxylic acid groups (broad SMARTS) is 1. The quantitative estimate of drug-likeness (QED) is 0.611. The number of hydrogen-bond donors (Lipinski definition) is 2. The zero-order chi connectivity index (χ0) is 16.3. The lowest BCUT2D eigenvalue weighted by molar-refractivity contribution is -0.137. The molecule has 124 valence electrons. The van der Waals surface area contributed by atoms with Crippen molar-refractivity contribution in [3.8, 4) is 0 Å². The van der Waals surface area contributed by atoms with E-state index in [1.807, 2.05) is 25.9 Å². The molecule has 0 heterocycles. The molecule has 0 bridgehead atoms. The van der Waals surface area contributed by atoms with Gasteiger partial charge in [0.1, 0.15) is 0 Å². The fraction of sp³-hybridized carbons (Fsp3) is 0.867. The average Bonchev–Trinajstić information content (AvgIpc) is 2.40. The van der Waals surface area contributed by atoms with Crippen LogP contribution in [0.4, 0.5) is 4.79 Å². The summed E-state index contributed by atoms with van der Waals surface area (Å²) in [6, 6.07) is -0.0239. The van der Waals surface area contributed by atoms with Crippen LogP contribution in [-0.4, -0.2) is 67.2 Å². The van der Waals surface area contributed by atoms with Crippen molar-refractivity contribution in [2.45, 2.75) is 39.5 Å². The van der Waals surface area contributed by atoms with E-state index < -0.39 is 5.97 Å². The second kappa shape index (κ2) is 11.4. The van der Waals surface area contributed by atoms with Crippen LogP contribution in [0.2, 0.25) is 0 Å². The van der Waals surface area contributed by atoms with Crippen molar-refractivity contribution in [3.05, 3.63) is 0 Å². The summed E-state index contributed by atoms with van der Waals surface area (Å²) in [7, 11) is 3.98. The van der Waals surface area contributed by atoms with Gasteiger partial charge in [-0.05, 0) is 39.3 Å². The molecule has 2 N–H and O–H groups in total. The second-order valence-electron chi connectivity index (χ2n) is 5.85. The number of carboxylic acids is 1. The number of nitrogens with one attached hydrogen (secondary N) is 1. The highest BCUT2D eigenvalue weighted by Gasteiger charge is 2.12. The molecule has 0 aliphatic heterocycles. The highest BCUT2D eigenvalue weighted by molar-refractivity contribution is 5.74. The summed E-state index contributed by atoms with van der Waals surface area (Å²) >= 11 is 0. The molecule has 0 aromatic heterocycles. The molecule has 6 heteroatoms. The van der Waals surface area contributed by atoms with Crippen LogP contribution in [0.5, 0.6) is 0 Å². The van der Waals surface area contributed by atoms with E-state index in [4.69, 9.17) is 5.11 Å². The van der Waals surface area contributed by atoms with E-state index in [1.54, 1.807) is 0 Å². The van der Waals surface area contributed by atoms with E-state index in [0.717, 1.165) is 32.5 Å². The number of nitrogens with zero attached hydrogens (tertiary/aromatic N) is 2. The maximum absolute atomic E-state index is 12.1. The van der Waals surface area contributed by atoms with Crippen molar-refractivity contribution in [2.24, 2.45) is 5.92 Å². The Balaban J connectivity index is 3.98. The summed E-state index contributed by atoms with van der Waals surface area (Å²) in [5, 5.41) is 11.6. The third kappa shape index (κ3) is 11.1. The van der Waals surface area contributed by atoms with E-state index in [-0.39, 0.29) is 12.5 Å². The first-order chi connectivity index (χ1) is 9.86. The largest absolute Gasteiger partial charge is 0.481 e. The molecule has 0 rings (SSSR count). The zero-order valence-corrected chi connectivity index (χ0v) is 13.9. The standard InChI is InChI=1S/C15H31N3O3/c1-5-10-18(12-11-17(3)4)15(21)16-9-8-13(2)6-7-14(19)20/h13H,5-12H2,1-4H3,(H,16,21)(H,19,20). The Morgan fingerprint density at radius 3 is 2.33 bits per heavy atom. The number of carbonyl (C=O) groups excluding carboxylic acids is 1. The number of carbonyl (C=O) groups is 2. The molecular formula is C15H31N3O3. The predicted molar refractivity (Wildman–Crippen MR) is 84.5 cm³/mol. The minimum absolute atomic E-state index is 0.0239. The summed E-state index contributed by atoms with van der Waals surface area (Å²) in [5.74, 6) is -0.452. The van der Waals surface area contributed by atoms with E-state index in [2.05, 4.69) is 17.1 Å². The number of hydrogen-bond acceptors (Lipinski definition) is 3. The number of likely N-dealkylation sites (N-methyl/N-ethyl adjacent to an activating group) is 1. The summed E-state index contributed by atoms with van der Waals surface area (Å²) in [5.41, 5.74) is 0. The van der Waals surface area contributed by atoms with Crippen molar-refractivity contribution >= 4 is 12.0 Å². The molecule has 2 amide bonds. The van der Waals surface area contributed by atoms with Crippen LogP contribution >= 0.6 is 0 Å². The van der Waals surface area contributed by atoms with Gasteiger partial charge in [0, 0.05) is 32.6 Å². The van der Waals surface area contributed by atoms with E-state index >= 15 is 0 Å². The van der Waals surface area contributed by atoms with Gasteiger partial charge in [-0.15, -0.1) is 0 Å². The van der Waals surface area contributed by atoms with Crippen molar-refractivity contribution in [2.75, 3.05) is 40.3 Å². The van der Waals surface area contributed by atoms with E-state index in [9.17, 15) is 9.59 Å². The molecule has 0 saturated carbocycles. The Morgan fingerprint density at radius 1 is 1.14 bits per heavy atom. The molecule has 0 aromatic carbocycles. The van der Waals surface area contributed by atoms with Crippen LogP contribution < -0.4 is 5.32 Å². The first kappa shape index (κ1) is 19.7.